The number of carbonyl (C=O) groups is 1. The molecule has 0 saturated carbocycles. The largest absolute Gasteiger partial charge is 0.497 e. The monoisotopic (exact) mass is 213 g/mol. The van der Waals surface area contributed by atoms with Gasteiger partial charge in [0.05, 0.1) is 13.2 Å². The highest BCUT2D eigenvalue weighted by Gasteiger charge is 2.43. The zero-order chi connectivity index (χ0) is 11.6. The third-order valence-corrected chi connectivity index (χ3v) is 2.65. The van der Waals surface area contributed by atoms with Gasteiger partial charge >= 0.3 is 0 Å². The highest BCUT2D eigenvalue weighted by Crippen LogP contribution is 2.32. The van der Waals surface area contributed by atoms with Gasteiger partial charge in [0.25, 0.3) is 0 Å². The molecule has 0 aromatic heterocycles. The molecule has 3 N–H and O–H groups in total. The molecule has 0 radical (unpaired) electrons. The van der Waals surface area contributed by atoms with E-state index in [-0.39, 0.29) is 5.57 Å². The SMILES string of the molecule is COC1=C(C)C(O)(OC)C(N)C(C=O)=C1. The van der Waals surface area contributed by atoms with Crippen LogP contribution in [0.25, 0.3) is 0 Å². The molecule has 0 bridgehead atoms. The highest BCUT2D eigenvalue weighted by atomic mass is 16.6. The number of hydrogen-bond donors (Lipinski definition) is 2. The van der Waals surface area contributed by atoms with Crippen molar-refractivity contribution in [3.05, 3.63) is 23.0 Å². The predicted octanol–water partition coefficient (Wildman–Crippen LogP) is -0.292. The number of carbonyl (C=O) groups excluding carboxylic acids is 1. The van der Waals surface area contributed by atoms with Gasteiger partial charge in [-0.05, 0) is 13.0 Å². The van der Waals surface area contributed by atoms with E-state index in [4.69, 9.17) is 15.2 Å². The molecule has 0 spiro atoms. The van der Waals surface area contributed by atoms with E-state index in [0.29, 0.717) is 17.6 Å². The number of ether oxygens (including phenoxy) is 2. The van der Waals surface area contributed by atoms with E-state index in [0.717, 1.165) is 0 Å². The van der Waals surface area contributed by atoms with Crippen molar-refractivity contribution in [1.29, 1.82) is 0 Å². The molecule has 84 valence electrons. The topological polar surface area (TPSA) is 81.8 Å². The maximum absolute atomic E-state index is 10.7. The minimum Gasteiger partial charge on any atom is -0.497 e. The summed E-state index contributed by atoms with van der Waals surface area (Å²) in [6, 6.07) is -0.904. The van der Waals surface area contributed by atoms with Crippen LogP contribution in [0.3, 0.4) is 0 Å². The molecule has 1 aliphatic carbocycles. The summed E-state index contributed by atoms with van der Waals surface area (Å²) >= 11 is 0. The summed E-state index contributed by atoms with van der Waals surface area (Å²) in [7, 11) is 2.77. The van der Waals surface area contributed by atoms with Crippen LogP contribution in [0.1, 0.15) is 6.92 Å². The number of nitrogens with two attached hydrogens (primary N) is 1. The van der Waals surface area contributed by atoms with Crippen LogP contribution in [-0.4, -0.2) is 37.4 Å². The van der Waals surface area contributed by atoms with Gasteiger partial charge in [-0.3, -0.25) is 4.79 Å². The van der Waals surface area contributed by atoms with Crippen LogP contribution in [0, 0.1) is 0 Å². The minimum atomic E-state index is -1.68. The molecule has 0 saturated heterocycles. The van der Waals surface area contributed by atoms with Crippen LogP contribution in [0.5, 0.6) is 0 Å². The Morgan fingerprint density at radius 1 is 1.60 bits per heavy atom. The number of rotatable bonds is 3. The summed E-state index contributed by atoms with van der Waals surface area (Å²) < 4.78 is 9.99. The van der Waals surface area contributed by atoms with E-state index in [2.05, 4.69) is 0 Å². The summed E-state index contributed by atoms with van der Waals surface area (Å²) in [6.07, 6.45) is 2.08. The Labute approximate surface area is 88.2 Å². The second-order valence-electron chi connectivity index (χ2n) is 3.33. The Kier molecular flexibility index (Phi) is 3.28. The van der Waals surface area contributed by atoms with Gasteiger partial charge in [0.2, 0.25) is 5.79 Å². The molecule has 15 heavy (non-hydrogen) atoms. The molecular formula is C10H15NO4. The van der Waals surface area contributed by atoms with Crippen molar-refractivity contribution in [2.75, 3.05) is 14.2 Å². The average molecular weight is 213 g/mol. The fraction of sp³-hybridized carbons (Fsp3) is 0.500. The molecule has 1 aliphatic rings. The normalized spacial score (nSPS) is 31.3. The number of aldehydes is 1. The molecule has 0 aliphatic heterocycles. The van der Waals surface area contributed by atoms with Crippen LogP contribution in [0.15, 0.2) is 23.0 Å². The first-order valence-electron chi connectivity index (χ1n) is 4.46. The molecule has 5 heteroatoms. The molecule has 0 aromatic rings. The van der Waals surface area contributed by atoms with Gasteiger partial charge in [-0.2, -0.15) is 0 Å². The van der Waals surface area contributed by atoms with Crippen molar-refractivity contribution >= 4 is 6.29 Å². The first-order chi connectivity index (χ1) is 7.01. The molecule has 0 amide bonds. The standard InChI is InChI=1S/C10H15NO4/c1-6-8(14-2)4-7(5-12)9(11)10(6,13)15-3/h4-5,9,13H,11H2,1-3H3. The van der Waals surface area contributed by atoms with Gasteiger partial charge in [-0.1, -0.05) is 0 Å². The van der Waals surface area contributed by atoms with Gasteiger partial charge < -0.3 is 20.3 Å². The zero-order valence-corrected chi connectivity index (χ0v) is 8.98. The molecule has 2 unspecified atom stereocenters. The Morgan fingerprint density at radius 2 is 2.20 bits per heavy atom. The molecule has 0 aromatic carbocycles. The van der Waals surface area contributed by atoms with Gasteiger partial charge in [-0.25, -0.2) is 0 Å². The van der Waals surface area contributed by atoms with Crippen molar-refractivity contribution in [3.8, 4) is 0 Å². The maximum Gasteiger partial charge on any atom is 0.211 e. The second kappa shape index (κ2) is 4.14. The smallest absolute Gasteiger partial charge is 0.211 e. The molecule has 0 heterocycles. The van der Waals surface area contributed by atoms with E-state index in [1.54, 1.807) is 6.92 Å². The summed E-state index contributed by atoms with van der Waals surface area (Å²) in [5, 5.41) is 10.1. The van der Waals surface area contributed by atoms with Crippen molar-refractivity contribution in [1.82, 2.24) is 0 Å². The third-order valence-electron chi connectivity index (χ3n) is 2.65. The van der Waals surface area contributed by atoms with Crippen molar-refractivity contribution in [2.45, 2.75) is 18.8 Å². The summed E-state index contributed by atoms with van der Waals surface area (Å²) in [4.78, 5) is 10.7. The molecule has 5 nitrogen and oxygen atoms in total. The van der Waals surface area contributed by atoms with Crippen LogP contribution < -0.4 is 5.73 Å². The van der Waals surface area contributed by atoms with E-state index in [9.17, 15) is 9.90 Å². The van der Waals surface area contributed by atoms with E-state index in [1.165, 1.54) is 20.3 Å². The van der Waals surface area contributed by atoms with Crippen molar-refractivity contribution in [3.63, 3.8) is 0 Å². The first kappa shape index (κ1) is 11.9. The zero-order valence-electron chi connectivity index (χ0n) is 8.98. The predicted molar refractivity (Wildman–Crippen MR) is 53.8 cm³/mol. The summed E-state index contributed by atoms with van der Waals surface area (Å²) in [6.45, 7) is 1.64. The lowest BCUT2D eigenvalue weighted by Crippen LogP contribution is -2.53. The van der Waals surface area contributed by atoms with Gasteiger partial charge in [0.1, 0.15) is 12.0 Å². The lowest BCUT2D eigenvalue weighted by Gasteiger charge is -2.36. The first-order valence-corrected chi connectivity index (χ1v) is 4.46. The minimum absolute atomic E-state index is 0.238. The molecule has 1 rings (SSSR count). The van der Waals surface area contributed by atoms with Crippen molar-refractivity contribution < 1.29 is 19.4 Å². The Morgan fingerprint density at radius 3 is 2.60 bits per heavy atom. The van der Waals surface area contributed by atoms with Gasteiger partial charge in [0.15, 0.2) is 0 Å². The van der Waals surface area contributed by atoms with Crippen LogP contribution in [0.2, 0.25) is 0 Å². The van der Waals surface area contributed by atoms with E-state index >= 15 is 0 Å². The quantitative estimate of drug-likeness (QED) is 0.497. The summed E-state index contributed by atoms with van der Waals surface area (Å²) in [5.74, 6) is -1.29. The highest BCUT2D eigenvalue weighted by molar-refractivity contribution is 5.77. The van der Waals surface area contributed by atoms with E-state index in [1.807, 2.05) is 0 Å². The van der Waals surface area contributed by atoms with Gasteiger partial charge in [-0.15, -0.1) is 0 Å². The second-order valence-corrected chi connectivity index (χ2v) is 3.33. The maximum atomic E-state index is 10.7. The van der Waals surface area contributed by atoms with Crippen LogP contribution in [-0.2, 0) is 14.3 Å². The molecular weight excluding hydrogens is 198 g/mol. The number of allylic oxidation sites excluding steroid dienone is 1. The fourth-order valence-corrected chi connectivity index (χ4v) is 1.58. The summed E-state index contributed by atoms with van der Waals surface area (Å²) in [5.41, 5.74) is 6.41. The lowest BCUT2D eigenvalue weighted by atomic mass is 9.87. The third kappa shape index (κ3) is 1.69. The van der Waals surface area contributed by atoms with E-state index < -0.39 is 11.8 Å². The number of aliphatic hydroxyl groups is 1. The van der Waals surface area contributed by atoms with Gasteiger partial charge in [0, 0.05) is 18.3 Å². The molecule has 0 fully saturated rings. The number of hydrogen-bond acceptors (Lipinski definition) is 5. The Bertz CT molecular complexity index is 334. The lowest BCUT2D eigenvalue weighted by molar-refractivity contribution is -0.167. The molecule has 2 atom stereocenters. The fourth-order valence-electron chi connectivity index (χ4n) is 1.58. The number of methoxy groups -OCH3 is 2. The Balaban J connectivity index is 3.29. The van der Waals surface area contributed by atoms with Crippen LogP contribution >= 0.6 is 0 Å². The average Bonchev–Trinajstić information content (AvgIpc) is 2.26. The Hall–Kier alpha value is -1.17. The van der Waals surface area contributed by atoms with Crippen LogP contribution in [0.4, 0.5) is 0 Å². The van der Waals surface area contributed by atoms with Crippen molar-refractivity contribution in [2.24, 2.45) is 5.73 Å².